The lowest BCUT2D eigenvalue weighted by atomic mass is 10.0. The first-order valence-corrected chi connectivity index (χ1v) is 13.4. The second kappa shape index (κ2) is 12.9. The second-order valence-corrected chi connectivity index (χ2v) is 10.3. The van der Waals surface area contributed by atoms with Crippen LogP contribution in [-0.4, -0.2) is 33.7 Å². The van der Waals surface area contributed by atoms with E-state index in [9.17, 15) is 18.8 Å². The minimum Gasteiger partial charge on any atom is -0.489 e. The maximum absolute atomic E-state index is 12.6. The van der Waals surface area contributed by atoms with Crippen LogP contribution in [0.25, 0.3) is 0 Å². The minimum atomic E-state index is -5.13. The molecule has 0 radical (unpaired) electrons. The molecule has 2 aromatic carbocycles. The number of hydrogen-bond acceptors (Lipinski definition) is 6. The highest BCUT2D eigenvalue weighted by molar-refractivity contribution is 7.60. The van der Waals surface area contributed by atoms with Gasteiger partial charge in [0.2, 0.25) is 0 Å². The zero-order chi connectivity index (χ0) is 25.2. The lowest BCUT2D eigenvalue weighted by Gasteiger charge is -2.11. The van der Waals surface area contributed by atoms with Crippen molar-refractivity contribution >= 4 is 21.4 Å². The zero-order valence-electron chi connectivity index (χ0n) is 18.9. The van der Waals surface area contributed by atoms with Gasteiger partial charge in [-0.2, -0.15) is 4.31 Å². The predicted molar refractivity (Wildman–Crippen MR) is 127 cm³/mol. The molecule has 0 saturated heterocycles. The molecular formula is C23H28O9P2. The van der Waals surface area contributed by atoms with Gasteiger partial charge in [0, 0.05) is 11.1 Å². The number of carbonyl (C=O) groups excluding carboxylic acids is 1. The van der Waals surface area contributed by atoms with Crippen LogP contribution < -0.4 is 4.74 Å². The fraction of sp³-hybridized carbons (Fsp3) is 0.261. The van der Waals surface area contributed by atoms with E-state index in [1.54, 1.807) is 43.3 Å². The number of phosphoric acid groups is 2. The van der Waals surface area contributed by atoms with Gasteiger partial charge in [0.05, 0.1) is 6.61 Å². The number of benzene rings is 2. The molecule has 1 unspecified atom stereocenters. The van der Waals surface area contributed by atoms with Gasteiger partial charge >= 0.3 is 15.6 Å². The topological polar surface area (TPSA) is 140 Å². The summed E-state index contributed by atoms with van der Waals surface area (Å²) in [5.41, 5.74) is 3.00. The summed E-state index contributed by atoms with van der Waals surface area (Å²) in [7, 11) is -9.96. The van der Waals surface area contributed by atoms with E-state index in [1.807, 2.05) is 31.2 Å². The Hall–Kier alpha value is -2.35. The first-order chi connectivity index (χ1) is 16.0. The Labute approximate surface area is 198 Å². The summed E-state index contributed by atoms with van der Waals surface area (Å²) in [4.78, 5) is 38.9. The molecule has 1 atom stereocenters. The Bertz CT molecular complexity index is 1120. The summed E-state index contributed by atoms with van der Waals surface area (Å²) < 4.78 is 36.0. The van der Waals surface area contributed by atoms with Gasteiger partial charge in [-0.15, -0.1) is 0 Å². The monoisotopic (exact) mass is 510 g/mol. The van der Waals surface area contributed by atoms with Gasteiger partial charge in [-0.25, -0.2) is 9.13 Å². The van der Waals surface area contributed by atoms with E-state index in [1.165, 1.54) is 6.08 Å². The van der Waals surface area contributed by atoms with Crippen molar-refractivity contribution in [1.29, 1.82) is 0 Å². The molecule has 0 aromatic heterocycles. The molecule has 0 heterocycles. The van der Waals surface area contributed by atoms with Crippen LogP contribution in [0.1, 0.15) is 42.6 Å². The standard InChI is InChI=1S/C23H28O9P2/c1-18(14-15-31-34(28,29)32-33(25,26)27)8-6-9-19(2)17-30-22-13-7-12-21(16-22)23(24)20-10-4-3-5-11-20/h3-5,7,9-14,16H,6,8,15,17H2,1-2H3,(H,28,29)(H2,25,26,27)/b18-14+,19-9+. The summed E-state index contributed by atoms with van der Waals surface area (Å²) in [5, 5.41) is 0. The average molecular weight is 510 g/mol. The molecule has 0 bridgehead atoms. The molecule has 9 nitrogen and oxygen atoms in total. The third-order valence-electron chi connectivity index (χ3n) is 4.51. The van der Waals surface area contributed by atoms with Crippen LogP contribution in [-0.2, 0) is 18.0 Å². The highest BCUT2D eigenvalue weighted by atomic mass is 31.3. The van der Waals surface area contributed by atoms with Gasteiger partial charge in [-0.05, 0) is 44.4 Å². The summed E-state index contributed by atoms with van der Waals surface area (Å²) >= 11 is 0. The zero-order valence-corrected chi connectivity index (χ0v) is 20.7. The fourth-order valence-corrected chi connectivity index (χ4v) is 4.35. The molecule has 0 aliphatic carbocycles. The van der Waals surface area contributed by atoms with Crippen LogP contribution in [0.3, 0.4) is 0 Å². The third-order valence-corrected chi connectivity index (χ3v) is 6.66. The molecule has 0 aliphatic rings. The van der Waals surface area contributed by atoms with E-state index in [4.69, 9.17) is 14.5 Å². The number of carbonyl (C=O) groups is 1. The van der Waals surface area contributed by atoms with Crippen molar-refractivity contribution in [2.45, 2.75) is 26.7 Å². The number of phosphoric ester groups is 1. The highest BCUT2D eigenvalue weighted by Crippen LogP contribution is 2.57. The summed E-state index contributed by atoms with van der Waals surface area (Å²) in [6, 6.07) is 16.1. The van der Waals surface area contributed by atoms with Gasteiger partial charge in [0.25, 0.3) is 0 Å². The average Bonchev–Trinajstić information content (AvgIpc) is 2.76. The van der Waals surface area contributed by atoms with Gasteiger partial charge in [-0.1, -0.05) is 60.2 Å². The Kier molecular flexibility index (Phi) is 10.6. The van der Waals surface area contributed by atoms with E-state index >= 15 is 0 Å². The number of ether oxygens (including phenoxy) is 1. The molecule has 0 fully saturated rings. The summed E-state index contributed by atoms with van der Waals surface area (Å²) in [6.45, 7) is 3.73. The fourth-order valence-electron chi connectivity index (χ4n) is 2.82. The molecule has 2 rings (SSSR count). The molecule has 0 saturated carbocycles. The van der Waals surface area contributed by atoms with E-state index in [-0.39, 0.29) is 12.4 Å². The molecular weight excluding hydrogens is 482 g/mol. The Balaban J connectivity index is 1.79. The van der Waals surface area contributed by atoms with Crippen molar-refractivity contribution < 1.29 is 42.2 Å². The van der Waals surface area contributed by atoms with E-state index in [0.717, 1.165) is 11.1 Å². The molecule has 2 aromatic rings. The van der Waals surface area contributed by atoms with Crippen molar-refractivity contribution in [2.24, 2.45) is 0 Å². The van der Waals surface area contributed by atoms with Crippen molar-refractivity contribution in [3.8, 4) is 5.75 Å². The van der Waals surface area contributed by atoms with Gasteiger partial charge in [0.1, 0.15) is 12.4 Å². The molecule has 3 N–H and O–H groups in total. The maximum Gasteiger partial charge on any atom is 0.481 e. The number of allylic oxidation sites excluding steroid dienone is 2. The molecule has 0 aliphatic heterocycles. The second-order valence-electron chi connectivity index (χ2n) is 7.49. The van der Waals surface area contributed by atoms with Crippen molar-refractivity contribution in [1.82, 2.24) is 0 Å². The number of rotatable bonds is 13. The van der Waals surface area contributed by atoms with Crippen molar-refractivity contribution in [3.63, 3.8) is 0 Å². The van der Waals surface area contributed by atoms with Crippen LogP contribution in [0.15, 0.2) is 77.9 Å². The van der Waals surface area contributed by atoms with Crippen molar-refractivity contribution in [3.05, 3.63) is 89.0 Å². The predicted octanol–water partition coefficient (Wildman–Crippen LogP) is 5.20. The van der Waals surface area contributed by atoms with E-state index in [0.29, 0.717) is 36.3 Å². The van der Waals surface area contributed by atoms with Crippen LogP contribution in [0, 0.1) is 0 Å². The maximum atomic E-state index is 12.6. The van der Waals surface area contributed by atoms with Gasteiger partial charge in [-0.3, -0.25) is 9.32 Å². The molecule has 184 valence electrons. The molecule has 34 heavy (non-hydrogen) atoms. The third kappa shape index (κ3) is 10.7. The minimum absolute atomic E-state index is 0.0737. The van der Waals surface area contributed by atoms with Crippen LogP contribution in [0.5, 0.6) is 5.75 Å². The number of ketones is 1. The SMILES string of the molecule is C/C(=C\COP(=O)(O)OP(=O)(O)O)CC/C=C(\C)COc1cccc(C(=O)c2ccccc2)c1. The van der Waals surface area contributed by atoms with Gasteiger partial charge < -0.3 is 19.4 Å². The number of hydrogen-bond donors (Lipinski definition) is 3. The smallest absolute Gasteiger partial charge is 0.481 e. The van der Waals surface area contributed by atoms with Crippen LogP contribution >= 0.6 is 15.6 Å². The lowest BCUT2D eigenvalue weighted by Crippen LogP contribution is -2.03. The first kappa shape index (κ1) is 27.9. The molecule has 0 spiro atoms. The van der Waals surface area contributed by atoms with E-state index < -0.39 is 15.6 Å². The highest BCUT2D eigenvalue weighted by Gasteiger charge is 2.31. The van der Waals surface area contributed by atoms with Crippen LogP contribution in [0.2, 0.25) is 0 Å². The normalized spacial score (nSPS) is 14.5. The Morgan fingerprint density at radius 3 is 2.26 bits per heavy atom. The van der Waals surface area contributed by atoms with Gasteiger partial charge in [0.15, 0.2) is 5.78 Å². The Morgan fingerprint density at radius 2 is 1.59 bits per heavy atom. The van der Waals surface area contributed by atoms with Crippen LogP contribution in [0.4, 0.5) is 0 Å². The molecule has 11 heteroatoms. The lowest BCUT2D eigenvalue weighted by molar-refractivity contribution is 0.103. The summed E-state index contributed by atoms with van der Waals surface area (Å²) in [6.07, 6.45) is 4.84. The first-order valence-electron chi connectivity index (χ1n) is 10.3. The van der Waals surface area contributed by atoms with Crippen molar-refractivity contribution in [2.75, 3.05) is 13.2 Å². The molecule has 0 amide bonds. The largest absolute Gasteiger partial charge is 0.489 e. The van der Waals surface area contributed by atoms with E-state index in [2.05, 4.69) is 8.83 Å². The Morgan fingerprint density at radius 1 is 0.912 bits per heavy atom. The quantitative estimate of drug-likeness (QED) is 0.189. The summed E-state index contributed by atoms with van der Waals surface area (Å²) in [5.74, 6) is 0.518.